The summed E-state index contributed by atoms with van der Waals surface area (Å²) in [5.41, 5.74) is 2.42. The third-order valence-electron chi connectivity index (χ3n) is 3.80. The van der Waals surface area contributed by atoms with Gasteiger partial charge in [0.2, 0.25) is 5.91 Å². The van der Waals surface area contributed by atoms with Crippen LogP contribution in [0.3, 0.4) is 0 Å². The Morgan fingerprint density at radius 3 is 2.77 bits per heavy atom. The number of aromatic hydroxyl groups is 1. The Morgan fingerprint density at radius 2 is 2.05 bits per heavy atom. The molecule has 22 heavy (non-hydrogen) atoms. The molecule has 6 heteroatoms. The highest BCUT2D eigenvalue weighted by Crippen LogP contribution is 2.31. The summed E-state index contributed by atoms with van der Waals surface area (Å²) >= 11 is 0. The van der Waals surface area contributed by atoms with Crippen LogP contribution >= 0.6 is 0 Å². The summed E-state index contributed by atoms with van der Waals surface area (Å²) in [5.74, 6) is 0.904. The largest absolute Gasteiger partial charge is 0.508 e. The topological polar surface area (TPSA) is 90.9 Å². The van der Waals surface area contributed by atoms with E-state index in [4.69, 9.17) is 0 Å². The van der Waals surface area contributed by atoms with Crippen LogP contribution in [0.4, 0.5) is 5.82 Å². The molecule has 1 fully saturated rings. The molecule has 0 atom stereocenters. The first-order valence-corrected chi connectivity index (χ1v) is 7.15. The van der Waals surface area contributed by atoms with E-state index in [1.54, 1.807) is 30.5 Å². The molecule has 2 heterocycles. The molecule has 1 amide bonds. The molecule has 1 saturated carbocycles. The fourth-order valence-electron chi connectivity index (χ4n) is 2.37. The van der Waals surface area contributed by atoms with Crippen molar-refractivity contribution >= 4 is 22.6 Å². The van der Waals surface area contributed by atoms with Crippen LogP contribution in [-0.4, -0.2) is 26.2 Å². The van der Waals surface area contributed by atoms with Gasteiger partial charge in [-0.25, -0.2) is 0 Å². The van der Waals surface area contributed by atoms with Crippen LogP contribution in [0.2, 0.25) is 0 Å². The molecule has 0 aliphatic heterocycles. The molecular weight excluding hydrogens is 280 g/mol. The number of aromatic amines is 1. The van der Waals surface area contributed by atoms with Crippen LogP contribution < -0.4 is 5.32 Å². The maximum atomic E-state index is 11.9. The number of amides is 1. The lowest BCUT2D eigenvalue weighted by molar-refractivity contribution is -0.117. The van der Waals surface area contributed by atoms with Crippen molar-refractivity contribution in [3.05, 3.63) is 36.5 Å². The number of benzene rings is 1. The number of aromatic nitrogens is 3. The van der Waals surface area contributed by atoms with Crippen LogP contribution in [-0.2, 0) is 4.79 Å². The number of hydrogen-bond donors (Lipinski definition) is 3. The van der Waals surface area contributed by atoms with E-state index in [1.807, 2.05) is 6.07 Å². The number of fused-ring (bicyclic) bond motifs is 1. The van der Waals surface area contributed by atoms with E-state index in [-0.39, 0.29) is 17.6 Å². The number of hydrogen-bond acceptors (Lipinski definition) is 4. The number of carbonyl (C=O) groups excluding carboxylic acids is 1. The van der Waals surface area contributed by atoms with Crippen LogP contribution in [0.15, 0.2) is 36.5 Å². The van der Waals surface area contributed by atoms with Crippen LogP contribution in [0, 0.1) is 5.92 Å². The number of pyridine rings is 1. The standard InChI is InChI=1S/C16H14N4O2/c21-11-5-3-9(4-6-11)13-7-12-14(8-17-13)19-20-15(12)18-16(22)10-1-2-10/h3-8,10,21H,1-2H2,(H2,18,19,20,22). The lowest BCUT2D eigenvalue weighted by Crippen LogP contribution is -2.13. The normalized spacial score (nSPS) is 14.2. The van der Waals surface area contributed by atoms with Gasteiger partial charge in [0.1, 0.15) is 5.75 Å². The van der Waals surface area contributed by atoms with E-state index in [2.05, 4.69) is 20.5 Å². The molecule has 3 N–H and O–H groups in total. The van der Waals surface area contributed by atoms with Gasteiger partial charge in [0.25, 0.3) is 0 Å². The third kappa shape index (κ3) is 2.28. The number of anilines is 1. The Morgan fingerprint density at radius 1 is 1.27 bits per heavy atom. The third-order valence-corrected chi connectivity index (χ3v) is 3.80. The summed E-state index contributed by atoms with van der Waals surface area (Å²) in [6, 6.07) is 8.71. The van der Waals surface area contributed by atoms with Crippen molar-refractivity contribution in [1.82, 2.24) is 15.2 Å². The Kier molecular flexibility index (Phi) is 2.82. The quantitative estimate of drug-likeness (QED) is 0.692. The highest BCUT2D eigenvalue weighted by atomic mass is 16.3. The molecule has 0 radical (unpaired) electrons. The Bertz CT molecular complexity index is 850. The van der Waals surface area contributed by atoms with E-state index < -0.39 is 0 Å². The number of phenolic OH excluding ortho intramolecular Hbond substituents is 1. The maximum absolute atomic E-state index is 11.9. The van der Waals surface area contributed by atoms with Crippen LogP contribution in [0.5, 0.6) is 5.75 Å². The molecule has 6 nitrogen and oxygen atoms in total. The van der Waals surface area contributed by atoms with Gasteiger partial charge in [0.15, 0.2) is 5.82 Å². The smallest absolute Gasteiger partial charge is 0.228 e. The Hall–Kier alpha value is -2.89. The van der Waals surface area contributed by atoms with Gasteiger partial charge in [-0.15, -0.1) is 0 Å². The van der Waals surface area contributed by atoms with Gasteiger partial charge in [-0.05, 0) is 43.2 Å². The summed E-state index contributed by atoms with van der Waals surface area (Å²) < 4.78 is 0. The number of nitrogens with one attached hydrogen (secondary N) is 2. The molecule has 3 aromatic rings. The van der Waals surface area contributed by atoms with Crippen molar-refractivity contribution in [2.24, 2.45) is 5.92 Å². The SMILES string of the molecule is O=C(Nc1n[nH]c2cnc(-c3ccc(O)cc3)cc12)C1CC1. The number of nitrogens with zero attached hydrogens (tertiary/aromatic N) is 2. The summed E-state index contributed by atoms with van der Waals surface area (Å²) in [5, 5.41) is 20.1. The zero-order valence-electron chi connectivity index (χ0n) is 11.7. The number of phenols is 1. The van der Waals surface area contributed by atoms with Crippen molar-refractivity contribution in [2.45, 2.75) is 12.8 Å². The molecule has 2 aromatic heterocycles. The second-order valence-electron chi connectivity index (χ2n) is 5.50. The fraction of sp³-hybridized carbons (Fsp3) is 0.188. The van der Waals surface area contributed by atoms with E-state index in [1.165, 1.54) is 0 Å². The fourth-order valence-corrected chi connectivity index (χ4v) is 2.37. The van der Waals surface area contributed by atoms with Crippen molar-refractivity contribution in [3.63, 3.8) is 0 Å². The van der Waals surface area contributed by atoms with Gasteiger partial charge in [-0.1, -0.05) is 0 Å². The minimum Gasteiger partial charge on any atom is -0.508 e. The summed E-state index contributed by atoms with van der Waals surface area (Å²) in [6.07, 6.45) is 3.60. The summed E-state index contributed by atoms with van der Waals surface area (Å²) in [7, 11) is 0. The molecule has 0 spiro atoms. The Balaban J connectivity index is 1.72. The van der Waals surface area contributed by atoms with Gasteiger partial charge >= 0.3 is 0 Å². The van der Waals surface area contributed by atoms with Gasteiger partial charge in [0, 0.05) is 16.9 Å². The first-order valence-electron chi connectivity index (χ1n) is 7.15. The lowest BCUT2D eigenvalue weighted by Gasteiger charge is -2.03. The first kappa shape index (κ1) is 12.8. The zero-order chi connectivity index (χ0) is 15.1. The lowest BCUT2D eigenvalue weighted by atomic mass is 10.1. The molecule has 4 rings (SSSR count). The highest BCUT2D eigenvalue weighted by Gasteiger charge is 2.30. The van der Waals surface area contributed by atoms with Gasteiger partial charge in [-0.2, -0.15) is 5.10 Å². The number of H-pyrrole nitrogens is 1. The first-order chi connectivity index (χ1) is 10.7. The average Bonchev–Trinajstić information content (AvgIpc) is 3.31. The van der Waals surface area contributed by atoms with Crippen LogP contribution in [0.1, 0.15) is 12.8 Å². The molecule has 0 unspecified atom stereocenters. The monoisotopic (exact) mass is 294 g/mol. The van der Waals surface area contributed by atoms with Crippen LogP contribution in [0.25, 0.3) is 22.2 Å². The van der Waals surface area contributed by atoms with Crippen molar-refractivity contribution in [2.75, 3.05) is 5.32 Å². The van der Waals surface area contributed by atoms with E-state index >= 15 is 0 Å². The number of rotatable bonds is 3. The highest BCUT2D eigenvalue weighted by molar-refractivity contribution is 6.01. The molecule has 1 aliphatic carbocycles. The molecule has 0 bridgehead atoms. The summed E-state index contributed by atoms with van der Waals surface area (Å²) in [4.78, 5) is 16.3. The average molecular weight is 294 g/mol. The maximum Gasteiger partial charge on any atom is 0.228 e. The van der Waals surface area contributed by atoms with Gasteiger partial charge < -0.3 is 10.4 Å². The predicted octanol–water partition coefficient (Wildman–Crippen LogP) is 2.68. The molecule has 1 aromatic carbocycles. The van der Waals surface area contributed by atoms with Crippen molar-refractivity contribution in [3.8, 4) is 17.0 Å². The molecule has 110 valence electrons. The van der Waals surface area contributed by atoms with Crippen molar-refractivity contribution in [1.29, 1.82) is 0 Å². The second-order valence-corrected chi connectivity index (χ2v) is 5.50. The Labute approximate surface area is 126 Å². The summed E-state index contributed by atoms with van der Waals surface area (Å²) in [6.45, 7) is 0. The van der Waals surface area contributed by atoms with Gasteiger partial charge in [0.05, 0.1) is 17.4 Å². The minimum atomic E-state index is 0.0244. The number of carbonyl (C=O) groups is 1. The van der Waals surface area contributed by atoms with Gasteiger partial charge in [-0.3, -0.25) is 14.9 Å². The van der Waals surface area contributed by atoms with E-state index in [0.717, 1.165) is 35.0 Å². The van der Waals surface area contributed by atoms with E-state index in [0.29, 0.717) is 5.82 Å². The molecular formula is C16H14N4O2. The predicted molar refractivity (Wildman–Crippen MR) is 82.3 cm³/mol. The molecule has 0 saturated heterocycles. The minimum absolute atomic E-state index is 0.0244. The van der Waals surface area contributed by atoms with Crippen molar-refractivity contribution < 1.29 is 9.90 Å². The second kappa shape index (κ2) is 4.84. The molecule has 1 aliphatic rings. The van der Waals surface area contributed by atoms with E-state index in [9.17, 15) is 9.90 Å². The zero-order valence-corrected chi connectivity index (χ0v) is 11.7.